The summed E-state index contributed by atoms with van der Waals surface area (Å²) in [4.78, 5) is 1.62. The molecule has 2 heterocycles. The summed E-state index contributed by atoms with van der Waals surface area (Å²) >= 11 is 0. The first-order valence-electron chi connectivity index (χ1n) is 7.26. The predicted octanol–water partition coefficient (Wildman–Crippen LogP) is 3.59. The Morgan fingerprint density at radius 1 is 1.22 bits per heavy atom. The summed E-state index contributed by atoms with van der Waals surface area (Å²) in [6, 6.07) is 0.722. The molecule has 128 valence electrons. The van der Waals surface area contributed by atoms with Crippen molar-refractivity contribution in [3.63, 3.8) is 0 Å². The average molecular weight is 339 g/mol. The van der Waals surface area contributed by atoms with Gasteiger partial charge in [0.25, 0.3) is 0 Å². The van der Waals surface area contributed by atoms with Crippen LogP contribution in [0.3, 0.4) is 0 Å². The quantitative estimate of drug-likeness (QED) is 0.833. The van der Waals surface area contributed by atoms with E-state index in [0.717, 1.165) is 0 Å². The molecule has 0 unspecified atom stereocenters. The number of aliphatic hydroxyl groups excluding tert-OH is 1. The standard InChI is InChI=1S/C15H15F6NO/c16-9-5-14(7-23)2-1-12(22(14)6-9)8-3-10(17)13(11(18)4-8)15(19,20)21/h3-4,9,12,23H,1-2,5-7H2/t9-,12-,14+/m1/s1. The van der Waals surface area contributed by atoms with Crippen molar-refractivity contribution >= 4 is 0 Å². The summed E-state index contributed by atoms with van der Waals surface area (Å²) in [5.41, 5.74) is -2.67. The number of nitrogens with zero attached hydrogens (tertiary/aromatic N) is 1. The Balaban J connectivity index is 1.98. The van der Waals surface area contributed by atoms with Crippen molar-refractivity contribution in [2.45, 2.75) is 43.2 Å². The number of fused-ring (bicyclic) bond motifs is 1. The Morgan fingerprint density at radius 3 is 2.35 bits per heavy atom. The van der Waals surface area contributed by atoms with Gasteiger partial charge in [0.2, 0.25) is 0 Å². The summed E-state index contributed by atoms with van der Waals surface area (Å²) in [5.74, 6) is -3.35. The topological polar surface area (TPSA) is 23.5 Å². The minimum absolute atomic E-state index is 0.00448. The van der Waals surface area contributed by atoms with E-state index in [1.54, 1.807) is 4.90 Å². The van der Waals surface area contributed by atoms with E-state index in [1.807, 2.05) is 0 Å². The maximum atomic E-state index is 13.8. The zero-order valence-electron chi connectivity index (χ0n) is 12.0. The molecular formula is C15H15F6NO. The largest absolute Gasteiger partial charge is 0.422 e. The molecule has 23 heavy (non-hydrogen) atoms. The van der Waals surface area contributed by atoms with Crippen LogP contribution in [0.1, 0.15) is 36.4 Å². The Hall–Kier alpha value is -1.28. The molecule has 2 aliphatic rings. The van der Waals surface area contributed by atoms with E-state index in [1.165, 1.54) is 0 Å². The van der Waals surface area contributed by atoms with Crippen molar-refractivity contribution in [2.75, 3.05) is 13.2 Å². The van der Waals surface area contributed by atoms with Crippen LogP contribution in [0.5, 0.6) is 0 Å². The van der Waals surface area contributed by atoms with Crippen molar-refractivity contribution in [3.8, 4) is 0 Å². The minimum Gasteiger partial charge on any atom is -0.394 e. The zero-order chi connectivity index (χ0) is 17.0. The first-order chi connectivity index (χ1) is 10.7. The number of hydrogen-bond donors (Lipinski definition) is 1. The second-order valence-corrected chi connectivity index (χ2v) is 6.25. The lowest BCUT2D eigenvalue weighted by atomic mass is 9.94. The normalized spacial score (nSPS) is 31.6. The second kappa shape index (κ2) is 5.37. The van der Waals surface area contributed by atoms with Crippen LogP contribution in [0.4, 0.5) is 26.3 Å². The van der Waals surface area contributed by atoms with Crippen molar-refractivity contribution in [1.29, 1.82) is 0 Å². The lowest BCUT2D eigenvalue weighted by Crippen LogP contribution is -2.42. The van der Waals surface area contributed by atoms with Crippen LogP contribution >= 0.6 is 0 Å². The molecule has 2 aliphatic heterocycles. The molecule has 1 aromatic carbocycles. The van der Waals surface area contributed by atoms with Gasteiger partial charge in [-0.3, -0.25) is 4.90 Å². The van der Waals surface area contributed by atoms with Crippen LogP contribution in [-0.4, -0.2) is 34.9 Å². The molecular weight excluding hydrogens is 324 g/mol. The third-order valence-corrected chi connectivity index (χ3v) is 4.89. The zero-order valence-corrected chi connectivity index (χ0v) is 12.0. The van der Waals surface area contributed by atoms with Gasteiger partial charge in [0.1, 0.15) is 23.4 Å². The smallest absolute Gasteiger partial charge is 0.394 e. The Bertz CT molecular complexity index is 595. The van der Waals surface area contributed by atoms with E-state index < -0.39 is 41.1 Å². The van der Waals surface area contributed by atoms with E-state index in [-0.39, 0.29) is 25.1 Å². The fraction of sp³-hybridized carbons (Fsp3) is 0.600. The van der Waals surface area contributed by atoms with E-state index in [2.05, 4.69) is 0 Å². The van der Waals surface area contributed by atoms with Gasteiger partial charge in [-0.15, -0.1) is 0 Å². The molecule has 1 aromatic rings. The number of alkyl halides is 4. The monoisotopic (exact) mass is 339 g/mol. The molecule has 1 N–H and O–H groups in total. The van der Waals surface area contributed by atoms with Gasteiger partial charge in [0, 0.05) is 24.5 Å². The van der Waals surface area contributed by atoms with Gasteiger partial charge < -0.3 is 5.11 Å². The number of hydrogen-bond acceptors (Lipinski definition) is 2. The summed E-state index contributed by atoms with van der Waals surface area (Å²) < 4.78 is 79.1. The summed E-state index contributed by atoms with van der Waals surface area (Å²) in [6.07, 6.45) is -5.34. The van der Waals surface area contributed by atoms with Crippen LogP contribution in [0.15, 0.2) is 12.1 Å². The van der Waals surface area contributed by atoms with Crippen molar-refractivity contribution < 1.29 is 31.4 Å². The molecule has 0 spiro atoms. The predicted molar refractivity (Wildman–Crippen MR) is 69.4 cm³/mol. The van der Waals surface area contributed by atoms with Crippen molar-refractivity contribution in [1.82, 2.24) is 4.90 Å². The highest BCUT2D eigenvalue weighted by Gasteiger charge is 2.53. The Morgan fingerprint density at radius 2 is 1.83 bits per heavy atom. The maximum absolute atomic E-state index is 13.8. The number of benzene rings is 1. The third kappa shape index (κ3) is 2.61. The van der Waals surface area contributed by atoms with Gasteiger partial charge in [-0.05, 0) is 30.5 Å². The molecule has 0 saturated carbocycles. The van der Waals surface area contributed by atoms with Gasteiger partial charge in [0.15, 0.2) is 0 Å². The lowest BCUT2D eigenvalue weighted by molar-refractivity contribution is -0.142. The van der Waals surface area contributed by atoms with Gasteiger partial charge in [-0.2, -0.15) is 13.2 Å². The highest BCUT2D eigenvalue weighted by Crippen LogP contribution is 2.49. The maximum Gasteiger partial charge on any atom is 0.422 e. The van der Waals surface area contributed by atoms with E-state index >= 15 is 0 Å². The second-order valence-electron chi connectivity index (χ2n) is 6.25. The van der Waals surface area contributed by atoms with Crippen LogP contribution in [-0.2, 0) is 6.18 Å². The highest BCUT2D eigenvalue weighted by atomic mass is 19.4. The first kappa shape index (κ1) is 16.6. The number of halogens is 6. The number of aliphatic hydroxyl groups is 1. The minimum atomic E-state index is -5.12. The molecule has 0 aromatic heterocycles. The highest BCUT2D eigenvalue weighted by molar-refractivity contribution is 5.32. The van der Waals surface area contributed by atoms with Crippen molar-refractivity contribution in [3.05, 3.63) is 34.9 Å². The Labute approximate surface area is 128 Å². The lowest BCUT2D eigenvalue weighted by Gasteiger charge is -2.33. The average Bonchev–Trinajstić information content (AvgIpc) is 2.90. The molecule has 2 nitrogen and oxygen atoms in total. The van der Waals surface area contributed by atoms with Crippen LogP contribution in [0.25, 0.3) is 0 Å². The van der Waals surface area contributed by atoms with E-state index in [9.17, 15) is 31.4 Å². The van der Waals surface area contributed by atoms with Crippen LogP contribution < -0.4 is 0 Å². The fourth-order valence-electron chi connectivity index (χ4n) is 3.90. The molecule has 2 saturated heterocycles. The molecule has 2 fully saturated rings. The Kier molecular flexibility index (Phi) is 3.87. The summed E-state index contributed by atoms with van der Waals surface area (Å²) in [5, 5.41) is 9.56. The molecule has 0 aliphatic carbocycles. The number of rotatable bonds is 2. The molecule has 3 rings (SSSR count). The van der Waals surface area contributed by atoms with Crippen LogP contribution in [0.2, 0.25) is 0 Å². The van der Waals surface area contributed by atoms with Gasteiger partial charge in [0.05, 0.1) is 6.61 Å². The van der Waals surface area contributed by atoms with Gasteiger partial charge >= 0.3 is 6.18 Å². The fourth-order valence-corrected chi connectivity index (χ4v) is 3.90. The molecule has 8 heteroatoms. The summed E-state index contributed by atoms with van der Waals surface area (Å²) in [6.45, 7) is -0.301. The molecule has 0 amide bonds. The third-order valence-electron chi connectivity index (χ3n) is 4.89. The first-order valence-corrected chi connectivity index (χ1v) is 7.26. The van der Waals surface area contributed by atoms with Gasteiger partial charge in [-0.1, -0.05) is 0 Å². The molecule has 0 radical (unpaired) electrons. The summed E-state index contributed by atoms with van der Waals surface area (Å²) in [7, 11) is 0. The van der Waals surface area contributed by atoms with Gasteiger partial charge in [-0.25, -0.2) is 13.2 Å². The van der Waals surface area contributed by atoms with E-state index in [4.69, 9.17) is 0 Å². The molecule has 0 bridgehead atoms. The van der Waals surface area contributed by atoms with E-state index in [0.29, 0.717) is 25.0 Å². The van der Waals surface area contributed by atoms with Crippen LogP contribution in [0, 0.1) is 11.6 Å². The van der Waals surface area contributed by atoms with Crippen molar-refractivity contribution in [2.24, 2.45) is 0 Å². The molecule has 3 atom stereocenters. The SMILES string of the molecule is OC[C@@]12CC[C@H](c3cc(F)c(C(F)(F)F)c(F)c3)N1C[C@H](F)C2.